The molecule has 0 saturated carbocycles. The monoisotopic (exact) mass is 260 g/mol. The lowest BCUT2D eigenvalue weighted by atomic mass is 10.1. The van der Waals surface area contributed by atoms with Crippen molar-refractivity contribution in [1.29, 1.82) is 0 Å². The van der Waals surface area contributed by atoms with Crippen LogP contribution in [0.4, 0.5) is 0 Å². The zero-order valence-corrected chi connectivity index (χ0v) is 11.5. The summed E-state index contributed by atoms with van der Waals surface area (Å²) in [5.41, 5.74) is 1.25. The molecule has 0 atom stereocenters. The molecule has 0 fully saturated rings. The number of benzene rings is 1. The molecular weight excluding hydrogens is 244 g/mol. The van der Waals surface area contributed by atoms with Gasteiger partial charge in [0, 0.05) is 23.2 Å². The van der Waals surface area contributed by atoms with E-state index in [1.54, 1.807) is 0 Å². The van der Waals surface area contributed by atoms with Crippen molar-refractivity contribution in [2.75, 3.05) is 6.54 Å². The molecule has 2 nitrogen and oxygen atoms in total. The Bertz CT molecular complexity index is 864. The van der Waals surface area contributed by atoms with E-state index in [1.807, 2.05) is 24.5 Å². The molecule has 0 aliphatic rings. The van der Waals surface area contributed by atoms with Crippen molar-refractivity contribution in [2.45, 2.75) is 6.92 Å². The van der Waals surface area contributed by atoms with Gasteiger partial charge in [0.1, 0.15) is 0 Å². The molecule has 0 spiro atoms. The number of pyridine rings is 1. The summed E-state index contributed by atoms with van der Waals surface area (Å²) in [6.07, 6.45) is 5.53. The Balaban J connectivity index is 2.64. The first-order valence-electron chi connectivity index (χ1n) is 6.69. The smallest absolute Gasteiger partial charge is 0.0750 e. The highest BCUT2D eigenvalue weighted by molar-refractivity contribution is 5.94. The summed E-state index contributed by atoms with van der Waals surface area (Å²) in [5, 5.41) is 5.63. The molecule has 0 amide bonds. The number of rotatable bonds is 2. The Labute approximate surface area is 118 Å². The summed E-state index contributed by atoms with van der Waals surface area (Å²) in [4.78, 5) is 8.96. The van der Waals surface area contributed by atoms with Gasteiger partial charge in [0.15, 0.2) is 0 Å². The van der Waals surface area contributed by atoms with Gasteiger partial charge in [0.25, 0.3) is 0 Å². The normalized spacial score (nSPS) is 11.9. The number of fused-ring (bicyclic) bond motifs is 2. The van der Waals surface area contributed by atoms with E-state index in [4.69, 9.17) is 4.99 Å². The molecule has 0 saturated heterocycles. The van der Waals surface area contributed by atoms with Crippen molar-refractivity contribution in [3.63, 3.8) is 0 Å². The number of aryl methyl sites for hydroxylation is 1. The van der Waals surface area contributed by atoms with Gasteiger partial charge in [-0.25, -0.2) is 0 Å². The van der Waals surface area contributed by atoms with Crippen LogP contribution < -0.4 is 5.36 Å². The van der Waals surface area contributed by atoms with Crippen molar-refractivity contribution >= 4 is 21.5 Å². The third kappa shape index (κ3) is 2.10. The average molecular weight is 260 g/mol. The van der Waals surface area contributed by atoms with Crippen molar-refractivity contribution in [1.82, 2.24) is 4.98 Å². The fraction of sp³-hybridized carbons (Fsp3) is 0.111. The van der Waals surface area contributed by atoms with E-state index < -0.39 is 0 Å². The van der Waals surface area contributed by atoms with Crippen LogP contribution in [0.3, 0.4) is 0 Å². The van der Waals surface area contributed by atoms with Crippen molar-refractivity contribution < 1.29 is 0 Å². The predicted molar refractivity (Wildman–Crippen MR) is 84.6 cm³/mol. The highest BCUT2D eigenvalue weighted by Gasteiger charge is 2.03. The quantitative estimate of drug-likeness (QED) is 0.644. The molecule has 3 aromatic rings. The summed E-state index contributed by atoms with van der Waals surface area (Å²) >= 11 is 0. The van der Waals surface area contributed by atoms with Crippen LogP contribution in [-0.4, -0.2) is 11.5 Å². The summed E-state index contributed by atoms with van der Waals surface area (Å²) in [6, 6.07) is 12.6. The molecule has 0 unspecified atom stereocenters. The molecule has 1 aromatic heterocycles. The molecule has 0 bridgehead atoms. The minimum Gasteiger partial charge on any atom is -0.280 e. The van der Waals surface area contributed by atoms with Gasteiger partial charge in [-0.05, 0) is 29.3 Å². The maximum absolute atomic E-state index is 4.70. The molecular formula is C18H16N2. The zero-order valence-electron chi connectivity index (χ0n) is 11.5. The first-order chi connectivity index (χ1) is 9.81. The summed E-state index contributed by atoms with van der Waals surface area (Å²) in [5.74, 6) is 0. The van der Waals surface area contributed by atoms with Gasteiger partial charge in [-0.15, -0.1) is 6.58 Å². The van der Waals surface area contributed by atoms with E-state index in [-0.39, 0.29) is 0 Å². The summed E-state index contributed by atoms with van der Waals surface area (Å²) in [7, 11) is 0. The minimum atomic E-state index is 0.608. The Hall–Kier alpha value is -2.48. The van der Waals surface area contributed by atoms with Gasteiger partial charge in [0.2, 0.25) is 0 Å². The average Bonchev–Trinajstić information content (AvgIpc) is 2.60. The number of hydrogen-bond donors (Lipinski definition) is 0. The van der Waals surface area contributed by atoms with E-state index in [2.05, 4.69) is 48.8 Å². The van der Waals surface area contributed by atoms with Gasteiger partial charge >= 0.3 is 0 Å². The third-order valence-electron chi connectivity index (χ3n) is 3.47. The molecule has 98 valence electrons. The second kappa shape index (κ2) is 5.25. The first-order valence-corrected chi connectivity index (χ1v) is 6.69. The zero-order chi connectivity index (χ0) is 13.9. The Morgan fingerprint density at radius 1 is 1.15 bits per heavy atom. The highest BCUT2D eigenvalue weighted by Crippen LogP contribution is 2.18. The van der Waals surface area contributed by atoms with Gasteiger partial charge in [-0.1, -0.05) is 36.4 Å². The topological polar surface area (TPSA) is 25.2 Å². The molecule has 0 aliphatic heterocycles. The van der Waals surface area contributed by atoms with Crippen LogP contribution in [0.1, 0.15) is 5.56 Å². The van der Waals surface area contributed by atoms with Crippen LogP contribution >= 0.6 is 0 Å². The van der Waals surface area contributed by atoms with Crippen molar-refractivity contribution in [2.24, 2.45) is 4.99 Å². The van der Waals surface area contributed by atoms with Gasteiger partial charge in [0.05, 0.1) is 11.9 Å². The van der Waals surface area contributed by atoms with E-state index in [0.29, 0.717) is 6.54 Å². The van der Waals surface area contributed by atoms with E-state index in [1.165, 1.54) is 10.9 Å². The van der Waals surface area contributed by atoms with Crippen LogP contribution in [0.25, 0.3) is 21.5 Å². The van der Waals surface area contributed by atoms with Gasteiger partial charge < -0.3 is 0 Å². The maximum atomic E-state index is 4.70. The lowest BCUT2D eigenvalue weighted by molar-refractivity contribution is 1.17. The van der Waals surface area contributed by atoms with Crippen LogP contribution in [0.15, 0.2) is 66.4 Å². The van der Waals surface area contributed by atoms with E-state index in [0.717, 1.165) is 21.5 Å². The Morgan fingerprint density at radius 2 is 1.95 bits per heavy atom. The lowest BCUT2D eigenvalue weighted by Gasteiger charge is -1.96. The second-order valence-electron chi connectivity index (χ2n) is 4.81. The second-order valence-corrected chi connectivity index (χ2v) is 4.81. The van der Waals surface area contributed by atoms with Gasteiger partial charge in [-0.3, -0.25) is 9.98 Å². The minimum absolute atomic E-state index is 0.608. The van der Waals surface area contributed by atoms with E-state index >= 15 is 0 Å². The standard InChI is InChI=1S/C18H16N2/c1-3-9-20-18-16-7-5-4-6-15(16)13(2)11-14-8-10-19-12-17(14)18/h3-8,10-12H,1,9H2,2H3. The largest absolute Gasteiger partial charge is 0.280 e. The molecule has 0 aliphatic carbocycles. The fourth-order valence-electron chi connectivity index (χ4n) is 2.54. The summed E-state index contributed by atoms with van der Waals surface area (Å²) < 4.78 is 0. The molecule has 20 heavy (non-hydrogen) atoms. The molecule has 0 N–H and O–H groups in total. The predicted octanol–water partition coefficient (Wildman–Crippen LogP) is 3.78. The van der Waals surface area contributed by atoms with Crippen molar-refractivity contribution in [3.8, 4) is 0 Å². The third-order valence-corrected chi connectivity index (χ3v) is 3.47. The maximum Gasteiger partial charge on any atom is 0.0750 e. The van der Waals surface area contributed by atoms with Gasteiger partial charge in [-0.2, -0.15) is 0 Å². The number of aromatic nitrogens is 1. The van der Waals surface area contributed by atoms with Crippen LogP contribution in [-0.2, 0) is 0 Å². The molecule has 3 rings (SSSR count). The molecule has 2 heteroatoms. The lowest BCUT2D eigenvalue weighted by Crippen LogP contribution is -2.03. The van der Waals surface area contributed by atoms with Crippen LogP contribution in [0.2, 0.25) is 0 Å². The molecule has 2 aromatic carbocycles. The molecule has 1 heterocycles. The SMILES string of the molecule is C=CCN=c1c2cnccc2cc(C)c2ccccc12. The van der Waals surface area contributed by atoms with Crippen LogP contribution in [0.5, 0.6) is 0 Å². The Kier molecular flexibility index (Phi) is 3.30. The number of hydrogen-bond acceptors (Lipinski definition) is 2. The molecule has 0 radical (unpaired) electrons. The summed E-state index contributed by atoms with van der Waals surface area (Å²) in [6.45, 7) is 6.51. The fourth-order valence-corrected chi connectivity index (χ4v) is 2.54. The van der Waals surface area contributed by atoms with Crippen LogP contribution in [0, 0.1) is 6.92 Å². The van der Waals surface area contributed by atoms with E-state index in [9.17, 15) is 0 Å². The Morgan fingerprint density at radius 3 is 2.75 bits per heavy atom. The first kappa shape index (κ1) is 12.5. The van der Waals surface area contributed by atoms with Crippen molar-refractivity contribution in [3.05, 3.63) is 72.4 Å². The number of nitrogens with zero attached hydrogens (tertiary/aromatic N) is 2. The highest BCUT2D eigenvalue weighted by atomic mass is 14.7.